The maximum Gasteiger partial charge on any atom is 0.310 e. The van der Waals surface area contributed by atoms with E-state index in [4.69, 9.17) is 0 Å². The van der Waals surface area contributed by atoms with Gasteiger partial charge in [-0.2, -0.15) is 0 Å². The Morgan fingerprint density at radius 2 is 1.90 bits per heavy atom. The number of aryl methyl sites for hydroxylation is 1. The van der Waals surface area contributed by atoms with Crippen molar-refractivity contribution >= 4 is 11.9 Å². The molecule has 0 aliphatic carbocycles. The van der Waals surface area contributed by atoms with E-state index in [1.807, 2.05) is 37.3 Å². The summed E-state index contributed by atoms with van der Waals surface area (Å²) in [4.78, 5) is 25.3. The van der Waals surface area contributed by atoms with Crippen LogP contribution in [0.15, 0.2) is 30.3 Å². The molecule has 0 aliphatic rings. The number of methoxy groups -OCH3 is 1. The molecule has 0 bridgehead atoms. The van der Waals surface area contributed by atoms with Crippen molar-refractivity contribution in [2.75, 3.05) is 20.2 Å². The molecule has 1 amide bonds. The van der Waals surface area contributed by atoms with E-state index in [1.165, 1.54) is 7.11 Å². The molecule has 0 aromatic heterocycles. The number of ether oxygens (including phenoxy) is 1. The summed E-state index contributed by atoms with van der Waals surface area (Å²) in [5, 5.41) is 0. The predicted octanol–water partition coefficient (Wildman–Crippen LogP) is 2.28. The maximum absolute atomic E-state index is 12.2. The van der Waals surface area contributed by atoms with E-state index >= 15 is 0 Å². The van der Waals surface area contributed by atoms with Crippen LogP contribution in [0.3, 0.4) is 0 Å². The molecular weight excluding hydrogens is 254 g/mol. The van der Waals surface area contributed by atoms with E-state index in [-0.39, 0.29) is 17.8 Å². The molecule has 110 valence electrons. The molecule has 0 radical (unpaired) electrons. The smallest absolute Gasteiger partial charge is 0.310 e. The van der Waals surface area contributed by atoms with Crippen LogP contribution in [0.25, 0.3) is 0 Å². The second kappa shape index (κ2) is 8.35. The van der Waals surface area contributed by atoms with Crippen LogP contribution in [0.2, 0.25) is 0 Å². The topological polar surface area (TPSA) is 46.6 Å². The van der Waals surface area contributed by atoms with Crippen LogP contribution in [0.5, 0.6) is 0 Å². The molecule has 1 unspecified atom stereocenters. The Morgan fingerprint density at radius 3 is 2.45 bits per heavy atom. The van der Waals surface area contributed by atoms with Gasteiger partial charge >= 0.3 is 5.97 Å². The number of esters is 1. The zero-order chi connectivity index (χ0) is 15.0. The van der Waals surface area contributed by atoms with Crippen LogP contribution in [0.1, 0.15) is 25.8 Å². The van der Waals surface area contributed by atoms with Gasteiger partial charge < -0.3 is 9.64 Å². The van der Waals surface area contributed by atoms with Crippen molar-refractivity contribution in [3.8, 4) is 0 Å². The largest absolute Gasteiger partial charge is 0.469 e. The molecule has 0 spiro atoms. The molecule has 1 atom stereocenters. The lowest BCUT2D eigenvalue weighted by molar-refractivity contribution is -0.146. The lowest BCUT2D eigenvalue weighted by Gasteiger charge is -2.23. The number of carbonyl (C=O) groups excluding carboxylic acids is 2. The first-order chi connectivity index (χ1) is 9.58. The fourth-order valence-corrected chi connectivity index (χ4v) is 2.07. The predicted molar refractivity (Wildman–Crippen MR) is 78.2 cm³/mol. The molecule has 1 aromatic rings. The monoisotopic (exact) mass is 277 g/mol. The highest BCUT2D eigenvalue weighted by Crippen LogP contribution is 2.08. The quantitative estimate of drug-likeness (QED) is 0.718. The first-order valence-corrected chi connectivity index (χ1v) is 6.98. The van der Waals surface area contributed by atoms with E-state index in [9.17, 15) is 9.59 Å². The molecule has 1 rings (SSSR count). The van der Waals surface area contributed by atoms with Gasteiger partial charge in [-0.1, -0.05) is 37.3 Å². The maximum atomic E-state index is 12.2. The normalized spacial score (nSPS) is 11.8. The van der Waals surface area contributed by atoms with E-state index in [0.29, 0.717) is 19.5 Å². The standard InChI is InChI=1S/C16H23NO3/c1-4-17(12-13(2)16(19)20-3)15(18)11-10-14-8-6-5-7-9-14/h5-9,13H,4,10-12H2,1-3H3. The lowest BCUT2D eigenvalue weighted by Crippen LogP contribution is -2.37. The van der Waals surface area contributed by atoms with E-state index in [2.05, 4.69) is 4.74 Å². The second-order valence-electron chi connectivity index (χ2n) is 4.84. The van der Waals surface area contributed by atoms with Crippen LogP contribution >= 0.6 is 0 Å². The third-order valence-corrected chi connectivity index (χ3v) is 3.30. The number of hydrogen-bond acceptors (Lipinski definition) is 3. The summed E-state index contributed by atoms with van der Waals surface area (Å²) < 4.78 is 4.69. The summed E-state index contributed by atoms with van der Waals surface area (Å²) >= 11 is 0. The highest BCUT2D eigenvalue weighted by atomic mass is 16.5. The Balaban J connectivity index is 2.48. The second-order valence-corrected chi connectivity index (χ2v) is 4.84. The molecule has 0 fully saturated rings. The van der Waals surface area contributed by atoms with E-state index in [1.54, 1.807) is 11.8 Å². The van der Waals surface area contributed by atoms with Crippen LogP contribution in [0, 0.1) is 5.92 Å². The molecule has 0 aliphatic heterocycles. The van der Waals surface area contributed by atoms with Crippen molar-refractivity contribution in [2.24, 2.45) is 5.92 Å². The first-order valence-electron chi connectivity index (χ1n) is 6.98. The molecule has 4 heteroatoms. The molecule has 0 saturated heterocycles. The number of hydrogen-bond donors (Lipinski definition) is 0. The van der Waals surface area contributed by atoms with Crippen LogP contribution in [-0.2, 0) is 20.7 Å². The molecular formula is C16H23NO3. The summed E-state index contributed by atoms with van der Waals surface area (Å²) in [6.07, 6.45) is 1.19. The number of amides is 1. The fraction of sp³-hybridized carbons (Fsp3) is 0.500. The zero-order valence-electron chi connectivity index (χ0n) is 12.5. The third kappa shape index (κ3) is 5.03. The van der Waals surface area contributed by atoms with Gasteiger partial charge in [0, 0.05) is 19.5 Å². The highest BCUT2D eigenvalue weighted by Gasteiger charge is 2.20. The highest BCUT2D eigenvalue weighted by molar-refractivity contribution is 5.78. The van der Waals surface area contributed by atoms with Gasteiger partial charge in [0.05, 0.1) is 13.0 Å². The molecule has 4 nitrogen and oxygen atoms in total. The fourth-order valence-electron chi connectivity index (χ4n) is 2.07. The molecule has 20 heavy (non-hydrogen) atoms. The summed E-state index contributed by atoms with van der Waals surface area (Å²) in [7, 11) is 1.37. The van der Waals surface area contributed by atoms with Crippen molar-refractivity contribution in [2.45, 2.75) is 26.7 Å². The average molecular weight is 277 g/mol. The Kier molecular flexibility index (Phi) is 6.77. The number of rotatable bonds is 7. The minimum atomic E-state index is -0.291. The van der Waals surface area contributed by atoms with Crippen molar-refractivity contribution in [3.05, 3.63) is 35.9 Å². The SMILES string of the molecule is CCN(CC(C)C(=O)OC)C(=O)CCc1ccccc1. The summed E-state index contributed by atoms with van der Waals surface area (Å²) in [6.45, 7) is 4.72. The minimum absolute atomic E-state index is 0.0760. The zero-order valence-corrected chi connectivity index (χ0v) is 12.5. The van der Waals surface area contributed by atoms with E-state index < -0.39 is 0 Å². The van der Waals surface area contributed by atoms with Crippen molar-refractivity contribution in [3.63, 3.8) is 0 Å². The molecule has 1 aromatic carbocycles. The van der Waals surface area contributed by atoms with Gasteiger partial charge in [-0.3, -0.25) is 9.59 Å². The Bertz CT molecular complexity index is 431. The van der Waals surface area contributed by atoms with Gasteiger partial charge in [0.25, 0.3) is 0 Å². The average Bonchev–Trinajstić information content (AvgIpc) is 2.50. The Hall–Kier alpha value is -1.84. The van der Waals surface area contributed by atoms with Gasteiger partial charge in [0.2, 0.25) is 5.91 Å². The van der Waals surface area contributed by atoms with Gasteiger partial charge in [-0.25, -0.2) is 0 Å². The molecule has 0 saturated carbocycles. The minimum Gasteiger partial charge on any atom is -0.469 e. The molecule has 0 heterocycles. The van der Waals surface area contributed by atoms with Crippen molar-refractivity contribution in [1.82, 2.24) is 4.90 Å². The van der Waals surface area contributed by atoms with E-state index in [0.717, 1.165) is 12.0 Å². The summed E-state index contributed by atoms with van der Waals surface area (Å²) in [6, 6.07) is 9.93. The van der Waals surface area contributed by atoms with Crippen LogP contribution in [-0.4, -0.2) is 37.0 Å². The van der Waals surface area contributed by atoms with Crippen molar-refractivity contribution in [1.29, 1.82) is 0 Å². The van der Waals surface area contributed by atoms with Crippen molar-refractivity contribution < 1.29 is 14.3 Å². The van der Waals surface area contributed by atoms with Gasteiger partial charge in [-0.05, 0) is 18.9 Å². The third-order valence-electron chi connectivity index (χ3n) is 3.30. The van der Waals surface area contributed by atoms with Gasteiger partial charge in [0.1, 0.15) is 0 Å². The Labute approximate surface area is 120 Å². The van der Waals surface area contributed by atoms with Crippen LogP contribution < -0.4 is 0 Å². The number of nitrogens with zero attached hydrogens (tertiary/aromatic N) is 1. The molecule has 0 N–H and O–H groups in total. The van der Waals surface area contributed by atoms with Crippen LogP contribution in [0.4, 0.5) is 0 Å². The number of carbonyl (C=O) groups is 2. The van der Waals surface area contributed by atoms with Gasteiger partial charge in [0.15, 0.2) is 0 Å². The first kappa shape index (κ1) is 16.2. The number of benzene rings is 1. The lowest BCUT2D eigenvalue weighted by atomic mass is 10.1. The van der Waals surface area contributed by atoms with Gasteiger partial charge in [-0.15, -0.1) is 0 Å². The summed E-state index contributed by atoms with van der Waals surface area (Å²) in [5.74, 6) is -0.493. The summed E-state index contributed by atoms with van der Waals surface area (Å²) in [5.41, 5.74) is 1.15. The Morgan fingerprint density at radius 1 is 1.25 bits per heavy atom.